The third-order valence-electron chi connectivity index (χ3n) is 2.41. The molecule has 0 fully saturated rings. The second kappa shape index (κ2) is 5.94. The molecule has 0 spiro atoms. The van der Waals surface area contributed by atoms with Crippen LogP contribution in [0.25, 0.3) is 0 Å². The maximum atomic E-state index is 4.34. The molecule has 0 amide bonds. The molecule has 0 N–H and O–H groups in total. The van der Waals surface area contributed by atoms with E-state index in [1.165, 1.54) is 5.84 Å². The van der Waals surface area contributed by atoms with Crippen molar-refractivity contribution in [2.45, 2.75) is 54.0 Å². The molecule has 0 saturated carbocycles. The molecule has 2 heteroatoms. The molecular formula is C13H26N2. The van der Waals surface area contributed by atoms with Crippen LogP contribution in [0, 0.1) is 5.41 Å². The van der Waals surface area contributed by atoms with Gasteiger partial charge >= 0.3 is 0 Å². The van der Waals surface area contributed by atoms with Crippen LogP contribution in [-0.4, -0.2) is 23.8 Å². The van der Waals surface area contributed by atoms with Crippen molar-refractivity contribution in [3.63, 3.8) is 0 Å². The zero-order chi connectivity index (χ0) is 12.1. The van der Waals surface area contributed by atoms with Crippen molar-refractivity contribution >= 4 is 5.84 Å². The maximum absolute atomic E-state index is 4.34. The minimum absolute atomic E-state index is 0.264. The van der Waals surface area contributed by atoms with Gasteiger partial charge in [-0.05, 0) is 19.3 Å². The highest BCUT2D eigenvalue weighted by Crippen LogP contribution is 2.29. The summed E-state index contributed by atoms with van der Waals surface area (Å²) in [6, 6.07) is 0.506. The first kappa shape index (κ1) is 14.2. The Hall–Kier alpha value is -0.790. The van der Waals surface area contributed by atoms with Crippen LogP contribution in [0.2, 0.25) is 0 Å². The van der Waals surface area contributed by atoms with Gasteiger partial charge in [0, 0.05) is 25.7 Å². The number of nitrogens with zero attached hydrogens (tertiary/aromatic N) is 2. The number of amidine groups is 1. The monoisotopic (exact) mass is 210 g/mol. The predicted molar refractivity (Wildman–Crippen MR) is 69.2 cm³/mol. The van der Waals surface area contributed by atoms with Crippen molar-refractivity contribution in [3.05, 3.63) is 12.3 Å². The minimum Gasteiger partial charge on any atom is -0.335 e. The largest absolute Gasteiger partial charge is 0.335 e. The van der Waals surface area contributed by atoms with Crippen LogP contribution in [0.15, 0.2) is 17.3 Å². The van der Waals surface area contributed by atoms with Gasteiger partial charge in [0.05, 0.1) is 0 Å². The first-order chi connectivity index (χ1) is 6.96. The van der Waals surface area contributed by atoms with Crippen LogP contribution in [-0.2, 0) is 0 Å². The molecule has 0 aliphatic carbocycles. The highest BCUT2D eigenvalue weighted by Gasteiger charge is 2.25. The summed E-state index contributed by atoms with van der Waals surface area (Å²) in [5, 5.41) is 0. The predicted octanol–water partition coefficient (Wildman–Crippen LogP) is 3.69. The fourth-order valence-corrected chi connectivity index (χ4v) is 1.59. The Balaban J connectivity index is 0.000000921. The Bertz CT molecular complexity index is 237. The van der Waals surface area contributed by atoms with Crippen LogP contribution >= 0.6 is 0 Å². The summed E-state index contributed by atoms with van der Waals surface area (Å²) < 4.78 is 0. The molecule has 2 nitrogen and oxygen atoms in total. The zero-order valence-electron chi connectivity index (χ0n) is 11.3. The number of rotatable bonds is 1. The van der Waals surface area contributed by atoms with Crippen LogP contribution in [0.4, 0.5) is 0 Å². The quantitative estimate of drug-likeness (QED) is 0.644. The fourth-order valence-electron chi connectivity index (χ4n) is 1.59. The van der Waals surface area contributed by atoms with Gasteiger partial charge in [-0.25, -0.2) is 0 Å². The Kier molecular flexibility index (Phi) is 5.63. The molecule has 1 aliphatic heterocycles. The first-order valence-electron chi connectivity index (χ1n) is 5.89. The normalized spacial score (nSPS) is 21.6. The molecule has 0 radical (unpaired) electrons. The average Bonchev–Trinajstić information content (AvgIpc) is 2.18. The van der Waals surface area contributed by atoms with E-state index in [4.69, 9.17) is 0 Å². The summed E-state index contributed by atoms with van der Waals surface area (Å²) in [4.78, 5) is 6.58. The Morgan fingerprint density at radius 1 is 1.33 bits per heavy atom. The lowest BCUT2D eigenvalue weighted by molar-refractivity contribution is 0.380. The number of hydrogen-bond acceptors (Lipinski definition) is 1. The van der Waals surface area contributed by atoms with Gasteiger partial charge < -0.3 is 4.90 Å². The number of aliphatic imine (C=N–C) groups is 1. The van der Waals surface area contributed by atoms with E-state index in [0.29, 0.717) is 6.04 Å². The van der Waals surface area contributed by atoms with E-state index in [1.54, 1.807) is 0 Å². The topological polar surface area (TPSA) is 15.6 Å². The van der Waals surface area contributed by atoms with Crippen molar-refractivity contribution in [1.29, 1.82) is 0 Å². The summed E-state index contributed by atoms with van der Waals surface area (Å²) in [5.41, 5.74) is 0.264. The molecule has 0 saturated heterocycles. The third kappa shape index (κ3) is 4.06. The fraction of sp³-hybridized carbons (Fsp3) is 0.769. The van der Waals surface area contributed by atoms with Crippen molar-refractivity contribution in [3.8, 4) is 0 Å². The summed E-state index contributed by atoms with van der Waals surface area (Å²) >= 11 is 0. The molecule has 0 aromatic heterocycles. The summed E-state index contributed by atoms with van der Waals surface area (Å²) in [6.07, 6.45) is 5.47. The summed E-state index contributed by atoms with van der Waals surface area (Å²) in [5.74, 6) is 1.20. The zero-order valence-corrected chi connectivity index (χ0v) is 11.3. The van der Waals surface area contributed by atoms with E-state index in [2.05, 4.69) is 49.9 Å². The molecular weight excluding hydrogens is 184 g/mol. The van der Waals surface area contributed by atoms with E-state index < -0.39 is 0 Å². The second-order valence-electron chi connectivity index (χ2n) is 4.62. The van der Waals surface area contributed by atoms with Gasteiger partial charge in [-0.1, -0.05) is 33.8 Å². The minimum atomic E-state index is 0.264. The Labute approximate surface area is 95.1 Å². The van der Waals surface area contributed by atoms with Crippen molar-refractivity contribution in [2.75, 3.05) is 7.05 Å². The smallest absolute Gasteiger partial charge is 0.104 e. The highest BCUT2D eigenvalue weighted by molar-refractivity contribution is 5.85. The molecule has 1 aliphatic rings. The molecule has 0 bridgehead atoms. The summed E-state index contributed by atoms with van der Waals surface area (Å²) in [6.45, 7) is 12.9. The van der Waals surface area contributed by atoms with Crippen molar-refractivity contribution in [2.24, 2.45) is 10.4 Å². The van der Waals surface area contributed by atoms with Crippen LogP contribution in [0.3, 0.4) is 0 Å². The summed E-state index contributed by atoms with van der Waals surface area (Å²) in [7, 11) is 1.87. The second-order valence-corrected chi connectivity index (χ2v) is 4.62. The van der Waals surface area contributed by atoms with Gasteiger partial charge in [0.2, 0.25) is 0 Å². The molecule has 1 rings (SSSR count). The van der Waals surface area contributed by atoms with Gasteiger partial charge in [-0.15, -0.1) is 0 Å². The molecule has 0 atom stereocenters. The molecule has 0 aromatic rings. The lowest BCUT2D eigenvalue weighted by atomic mass is 9.86. The standard InChI is InChI=1S/C11H20N2.C2H6/c1-9(2)13-7-6-11(3,4)8-10(13)12-5;1-2/h6-7,9H,8H2,1-5H3;1-2H3. The lowest BCUT2D eigenvalue weighted by Crippen LogP contribution is -2.38. The van der Waals surface area contributed by atoms with E-state index in [-0.39, 0.29) is 5.41 Å². The first-order valence-corrected chi connectivity index (χ1v) is 5.89. The number of allylic oxidation sites excluding steroid dienone is 1. The van der Waals surface area contributed by atoms with E-state index >= 15 is 0 Å². The van der Waals surface area contributed by atoms with Crippen molar-refractivity contribution in [1.82, 2.24) is 4.90 Å². The molecule has 15 heavy (non-hydrogen) atoms. The van der Waals surface area contributed by atoms with E-state index in [9.17, 15) is 0 Å². The molecule has 1 heterocycles. The lowest BCUT2D eigenvalue weighted by Gasteiger charge is -2.35. The van der Waals surface area contributed by atoms with Crippen molar-refractivity contribution < 1.29 is 0 Å². The molecule has 88 valence electrons. The van der Waals surface area contributed by atoms with Crippen LogP contribution in [0.1, 0.15) is 48.0 Å². The van der Waals surface area contributed by atoms with Gasteiger partial charge in [0.15, 0.2) is 0 Å². The SMILES string of the molecule is CC.CN=C1CC(C)(C)C=CN1C(C)C. The molecule has 0 unspecified atom stereocenters. The van der Waals surface area contributed by atoms with Gasteiger partial charge in [-0.3, -0.25) is 4.99 Å². The Morgan fingerprint density at radius 3 is 2.27 bits per heavy atom. The molecule has 0 aromatic carbocycles. The highest BCUT2D eigenvalue weighted by atomic mass is 15.2. The van der Waals surface area contributed by atoms with Crippen LogP contribution < -0.4 is 0 Å². The van der Waals surface area contributed by atoms with E-state index in [0.717, 1.165) is 6.42 Å². The Morgan fingerprint density at radius 2 is 1.87 bits per heavy atom. The van der Waals surface area contributed by atoms with E-state index in [1.807, 2.05) is 20.9 Å². The average molecular weight is 210 g/mol. The third-order valence-corrected chi connectivity index (χ3v) is 2.41. The number of hydrogen-bond donors (Lipinski definition) is 0. The van der Waals surface area contributed by atoms with Gasteiger partial charge in [-0.2, -0.15) is 0 Å². The van der Waals surface area contributed by atoms with Gasteiger partial charge in [0.25, 0.3) is 0 Å². The van der Waals surface area contributed by atoms with Gasteiger partial charge in [0.1, 0.15) is 5.84 Å². The van der Waals surface area contributed by atoms with Crippen LogP contribution in [0.5, 0.6) is 0 Å². The maximum Gasteiger partial charge on any atom is 0.104 e.